The zero-order valence-corrected chi connectivity index (χ0v) is 14.7. The number of ether oxygens (including phenoxy) is 1. The second-order valence-corrected chi connectivity index (χ2v) is 5.84. The van der Waals surface area contributed by atoms with E-state index in [4.69, 9.17) is 5.26 Å². The van der Waals surface area contributed by atoms with Crippen molar-refractivity contribution < 1.29 is 39.9 Å². The van der Waals surface area contributed by atoms with Crippen LogP contribution in [0.3, 0.4) is 0 Å². The molecule has 0 atom stereocenters. The lowest BCUT2D eigenvalue weighted by Crippen LogP contribution is -2.59. The fourth-order valence-corrected chi connectivity index (χ4v) is 1.97. The van der Waals surface area contributed by atoms with Gasteiger partial charge < -0.3 is 4.74 Å². The van der Waals surface area contributed by atoms with Crippen LogP contribution in [0.1, 0.15) is 5.56 Å². The van der Waals surface area contributed by atoms with Crippen LogP contribution in [-0.4, -0.2) is 30.8 Å². The predicted molar refractivity (Wildman–Crippen MR) is 88.1 cm³/mol. The Labute approximate surface area is 164 Å². The van der Waals surface area contributed by atoms with E-state index in [1.807, 2.05) is 6.07 Å². The molecule has 0 aliphatic rings. The summed E-state index contributed by atoms with van der Waals surface area (Å²) in [5, 5.41) is 16.3. The van der Waals surface area contributed by atoms with Gasteiger partial charge in [-0.2, -0.15) is 41.8 Å². The zero-order chi connectivity index (χ0) is 22.6. The van der Waals surface area contributed by atoms with Gasteiger partial charge in [0.05, 0.1) is 23.0 Å². The Kier molecular flexibility index (Phi) is 6.64. The Morgan fingerprint density at radius 3 is 1.73 bits per heavy atom. The van der Waals surface area contributed by atoms with Gasteiger partial charge in [0, 0.05) is 0 Å². The highest BCUT2D eigenvalue weighted by molar-refractivity contribution is 5.44. The van der Waals surface area contributed by atoms with Gasteiger partial charge in [0.2, 0.25) is 0 Å². The molecular formula is C18H11F8N3O. The van der Waals surface area contributed by atoms with Crippen molar-refractivity contribution in [2.45, 2.75) is 24.2 Å². The van der Waals surface area contributed by atoms with Crippen LogP contribution in [0.25, 0.3) is 0 Å². The van der Waals surface area contributed by atoms with E-state index in [-0.39, 0.29) is 5.69 Å². The summed E-state index contributed by atoms with van der Waals surface area (Å²) in [5.74, 6) is -18.6. The van der Waals surface area contributed by atoms with E-state index < -0.39 is 36.5 Å². The molecule has 2 rings (SSSR count). The molecule has 0 amide bonds. The Morgan fingerprint density at radius 2 is 1.30 bits per heavy atom. The van der Waals surface area contributed by atoms with Crippen molar-refractivity contribution in [2.75, 3.05) is 6.61 Å². The Bertz CT molecular complexity index is 922. The second kappa shape index (κ2) is 8.64. The number of halogens is 8. The lowest BCUT2D eigenvalue weighted by atomic mass is 10.1. The number of nitriles is 1. The molecule has 2 aromatic carbocycles. The summed E-state index contributed by atoms with van der Waals surface area (Å²) in [7, 11) is 0. The van der Waals surface area contributed by atoms with E-state index in [2.05, 4.69) is 15.0 Å². The van der Waals surface area contributed by atoms with E-state index in [0.717, 1.165) is 12.1 Å². The summed E-state index contributed by atoms with van der Waals surface area (Å²) in [6.07, 6.45) is -4.99. The second-order valence-electron chi connectivity index (χ2n) is 5.84. The molecule has 0 bridgehead atoms. The van der Waals surface area contributed by atoms with Crippen molar-refractivity contribution in [2.24, 2.45) is 10.2 Å². The summed E-state index contributed by atoms with van der Waals surface area (Å²) in [6, 6.07) is 12.4. The Morgan fingerprint density at radius 1 is 0.833 bits per heavy atom. The van der Waals surface area contributed by atoms with Gasteiger partial charge in [-0.3, -0.25) is 0 Å². The van der Waals surface area contributed by atoms with Crippen molar-refractivity contribution in [3.63, 3.8) is 0 Å². The van der Waals surface area contributed by atoms with Crippen LogP contribution in [0.4, 0.5) is 46.5 Å². The third-order valence-electron chi connectivity index (χ3n) is 3.69. The SMILES string of the molecule is N#Cc1ccc(N=Nc2ccc(OCC(F)(F)C(F)(F)C(F)(F)C(F)F)cc2)cc1. The minimum absolute atomic E-state index is 0.202. The molecule has 0 saturated heterocycles. The first-order chi connectivity index (χ1) is 13.9. The molecule has 0 N–H and O–H groups in total. The maximum Gasteiger partial charge on any atom is 0.381 e. The fourth-order valence-electron chi connectivity index (χ4n) is 1.97. The summed E-state index contributed by atoms with van der Waals surface area (Å²) in [5.41, 5.74) is 1.01. The molecule has 0 unspecified atom stereocenters. The Hall–Kier alpha value is -3.23. The monoisotopic (exact) mass is 437 g/mol. The largest absolute Gasteiger partial charge is 0.487 e. The lowest BCUT2D eigenvalue weighted by molar-refractivity contribution is -0.342. The van der Waals surface area contributed by atoms with E-state index in [0.29, 0.717) is 11.3 Å². The molecule has 4 nitrogen and oxygen atoms in total. The van der Waals surface area contributed by atoms with Crippen molar-refractivity contribution in [3.05, 3.63) is 54.1 Å². The van der Waals surface area contributed by atoms with Gasteiger partial charge in [-0.1, -0.05) is 0 Å². The number of benzene rings is 2. The van der Waals surface area contributed by atoms with Crippen molar-refractivity contribution in [1.29, 1.82) is 5.26 Å². The first-order valence-electron chi connectivity index (χ1n) is 7.97. The van der Waals surface area contributed by atoms with Gasteiger partial charge in [-0.15, -0.1) is 0 Å². The van der Waals surface area contributed by atoms with Crippen molar-refractivity contribution in [1.82, 2.24) is 0 Å². The molecule has 0 fully saturated rings. The number of rotatable bonds is 8. The zero-order valence-electron chi connectivity index (χ0n) is 14.7. The molecule has 160 valence electrons. The first kappa shape index (κ1) is 23.1. The van der Waals surface area contributed by atoms with Gasteiger partial charge >= 0.3 is 24.2 Å². The molecular weight excluding hydrogens is 426 g/mol. The molecule has 0 spiro atoms. The minimum atomic E-state index is -6.33. The van der Waals surface area contributed by atoms with Crippen LogP contribution in [-0.2, 0) is 0 Å². The summed E-state index contributed by atoms with van der Waals surface area (Å²) >= 11 is 0. The molecule has 0 aromatic heterocycles. The van der Waals surface area contributed by atoms with Crippen LogP contribution in [0, 0.1) is 11.3 Å². The quantitative estimate of drug-likeness (QED) is 0.349. The highest BCUT2D eigenvalue weighted by Gasteiger charge is 2.75. The predicted octanol–water partition coefficient (Wildman–Crippen LogP) is 6.52. The van der Waals surface area contributed by atoms with Crippen LogP contribution in [0.5, 0.6) is 5.75 Å². The van der Waals surface area contributed by atoms with Gasteiger partial charge in [-0.05, 0) is 48.5 Å². The molecule has 0 heterocycles. The highest BCUT2D eigenvalue weighted by Crippen LogP contribution is 2.48. The standard InChI is InChI=1S/C18H11F8N3O/c19-15(20)17(23,24)18(25,26)16(21,22)10-30-14-7-5-13(6-8-14)29-28-12-3-1-11(9-27)2-4-12/h1-8,15H,10H2. The Balaban J connectivity index is 2.03. The average Bonchev–Trinajstić information content (AvgIpc) is 2.71. The molecule has 12 heteroatoms. The number of nitrogens with zero attached hydrogens (tertiary/aromatic N) is 3. The summed E-state index contributed by atoms with van der Waals surface area (Å²) in [4.78, 5) is 0. The number of hydrogen-bond donors (Lipinski definition) is 0. The molecule has 2 aromatic rings. The topological polar surface area (TPSA) is 57.7 Å². The van der Waals surface area contributed by atoms with Crippen LogP contribution in [0.2, 0.25) is 0 Å². The smallest absolute Gasteiger partial charge is 0.381 e. The van der Waals surface area contributed by atoms with Gasteiger partial charge in [0.1, 0.15) is 5.75 Å². The van der Waals surface area contributed by atoms with E-state index >= 15 is 0 Å². The first-order valence-corrected chi connectivity index (χ1v) is 7.97. The third kappa shape index (κ3) is 4.84. The average molecular weight is 437 g/mol. The van der Waals surface area contributed by atoms with E-state index in [1.54, 1.807) is 0 Å². The maximum atomic E-state index is 13.4. The summed E-state index contributed by atoms with van der Waals surface area (Å²) < 4.78 is 107. The summed E-state index contributed by atoms with van der Waals surface area (Å²) in [6.45, 7) is -2.26. The van der Waals surface area contributed by atoms with Gasteiger partial charge in [-0.25, -0.2) is 8.78 Å². The van der Waals surface area contributed by atoms with Crippen LogP contribution < -0.4 is 4.74 Å². The number of hydrogen-bond acceptors (Lipinski definition) is 4. The van der Waals surface area contributed by atoms with Gasteiger partial charge in [0.25, 0.3) is 0 Å². The normalized spacial score (nSPS) is 12.9. The third-order valence-corrected chi connectivity index (χ3v) is 3.69. The van der Waals surface area contributed by atoms with Gasteiger partial charge in [0.15, 0.2) is 6.61 Å². The molecule has 0 aliphatic carbocycles. The highest BCUT2D eigenvalue weighted by atomic mass is 19.4. The van der Waals surface area contributed by atoms with Crippen LogP contribution in [0.15, 0.2) is 58.8 Å². The maximum absolute atomic E-state index is 13.4. The van der Waals surface area contributed by atoms with Crippen molar-refractivity contribution in [3.8, 4) is 11.8 Å². The number of azo groups is 1. The molecule has 30 heavy (non-hydrogen) atoms. The minimum Gasteiger partial charge on any atom is -0.487 e. The van der Waals surface area contributed by atoms with Crippen LogP contribution >= 0.6 is 0 Å². The number of alkyl halides is 8. The van der Waals surface area contributed by atoms with Crippen molar-refractivity contribution >= 4 is 11.4 Å². The lowest BCUT2D eigenvalue weighted by Gasteiger charge is -2.31. The van der Waals surface area contributed by atoms with E-state index in [1.165, 1.54) is 36.4 Å². The molecule has 0 saturated carbocycles. The molecule has 0 aliphatic heterocycles. The molecule has 0 radical (unpaired) electrons. The van der Waals surface area contributed by atoms with E-state index in [9.17, 15) is 35.1 Å². The fraction of sp³-hybridized carbons (Fsp3) is 0.278.